The molecule has 2 aromatic carbocycles. The van der Waals surface area contributed by atoms with Gasteiger partial charge in [0, 0.05) is 24.0 Å². The van der Waals surface area contributed by atoms with Crippen LogP contribution in [-0.4, -0.2) is 34.0 Å². The molecule has 27 heavy (non-hydrogen) atoms. The largest absolute Gasteiger partial charge is 0.469 e. The molecule has 0 spiro atoms. The number of likely N-dealkylation sites (tertiary alicyclic amines) is 1. The number of rotatable bonds is 7. The fraction of sp³-hybridized carbons (Fsp3) is 0.364. The van der Waals surface area contributed by atoms with Crippen molar-refractivity contribution >= 4 is 34.9 Å². The molecule has 0 bridgehead atoms. The first kappa shape index (κ1) is 19.9. The summed E-state index contributed by atoms with van der Waals surface area (Å²) < 4.78 is 4.75. The molecule has 5 heteroatoms. The number of hydrogen-bond acceptors (Lipinski definition) is 4. The van der Waals surface area contributed by atoms with Gasteiger partial charge in [0.1, 0.15) is 0 Å². The van der Waals surface area contributed by atoms with Gasteiger partial charge in [-0.3, -0.25) is 4.79 Å². The van der Waals surface area contributed by atoms with Crippen molar-refractivity contribution in [1.82, 2.24) is 4.90 Å². The van der Waals surface area contributed by atoms with E-state index in [0.717, 1.165) is 30.1 Å². The van der Waals surface area contributed by atoms with Crippen LogP contribution in [0.1, 0.15) is 36.4 Å². The SMILES string of the molecule is COC(=O)CCS[C@@H]1CC(=S)N(Cc2ccccc2)[C@@H](c2ccccc2)C1. The Kier molecular flexibility index (Phi) is 7.30. The van der Waals surface area contributed by atoms with Crippen LogP contribution in [0.25, 0.3) is 0 Å². The third-order valence-electron chi connectivity index (χ3n) is 4.85. The van der Waals surface area contributed by atoms with E-state index in [1.807, 2.05) is 17.8 Å². The number of hydrogen-bond donors (Lipinski definition) is 0. The van der Waals surface area contributed by atoms with E-state index in [1.165, 1.54) is 18.2 Å². The summed E-state index contributed by atoms with van der Waals surface area (Å²) in [5.41, 5.74) is 2.58. The summed E-state index contributed by atoms with van der Waals surface area (Å²) in [7, 11) is 1.44. The van der Waals surface area contributed by atoms with Crippen LogP contribution in [0.2, 0.25) is 0 Å². The predicted molar refractivity (Wildman–Crippen MR) is 116 cm³/mol. The molecule has 1 heterocycles. The molecule has 1 aliphatic heterocycles. The Balaban J connectivity index is 1.73. The number of esters is 1. The van der Waals surface area contributed by atoms with E-state index in [4.69, 9.17) is 17.0 Å². The standard InChI is InChI=1S/C22H25NO2S2/c1-25-22(24)12-13-27-19-14-20(18-10-6-3-7-11-18)23(21(26)15-19)16-17-8-4-2-5-9-17/h2-11,19-20H,12-16H2,1H3/t19-,20+/m0/s1. The number of thioether (sulfide) groups is 1. The number of methoxy groups -OCH3 is 1. The van der Waals surface area contributed by atoms with Crippen LogP contribution in [0.3, 0.4) is 0 Å². The monoisotopic (exact) mass is 399 g/mol. The molecule has 0 saturated carbocycles. The van der Waals surface area contributed by atoms with Crippen LogP contribution in [0.15, 0.2) is 60.7 Å². The van der Waals surface area contributed by atoms with Crippen molar-refractivity contribution < 1.29 is 9.53 Å². The minimum absolute atomic E-state index is 0.147. The summed E-state index contributed by atoms with van der Waals surface area (Å²) in [6.45, 7) is 0.832. The first-order valence-electron chi connectivity index (χ1n) is 9.24. The van der Waals surface area contributed by atoms with Crippen molar-refractivity contribution in [2.24, 2.45) is 0 Å². The quantitative estimate of drug-likeness (QED) is 0.482. The number of carbonyl (C=O) groups excluding carboxylic acids is 1. The molecule has 2 aromatic rings. The van der Waals surface area contributed by atoms with E-state index in [2.05, 4.69) is 59.5 Å². The number of thiocarbonyl (C=S) groups is 1. The Morgan fingerprint density at radius 2 is 1.81 bits per heavy atom. The molecule has 1 fully saturated rings. The molecule has 1 saturated heterocycles. The second-order valence-corrected chi connectivity index (χ2v) is 8.57. The number of piperidine rings is 1. The van der Waals surface area contributed by atoms with E-state index < -0.39 is 0 Å². The summed E-state index contributed by atoms with van der Waals surface area (Å²) in [5, 5.41) is 0.430. The second-order valence-electron chi connectivity index (χ2n) is 6.69. The third kappa shape index (κ3) is 5.56. The van der Waals surface area contributed by atoms with Gasteiger partial charge in [0.05, 0.1) is 24.6 Å². The topological polar surface area (TPSA) is 29.5 Å². The average Bonchev–Trinajstić information content (AvgIpc) is 2.71. The minimum Gasteiger partial charge on any atom is -0.469 e. The van der Waals surface area contributed by atoms with E-state index in [1.54, 1.807) is 0 Å². The van der Waals surface area contributed by atoms with Gasteiger partial charge >= 0.3 is 5.97 Å². The van der Waals surface area contributed by atoms with Gasteiger partial charge in [-0.15, -0.1) is 0 Å². The Bertz CT molecular complexity index is 751. The van der Waals surface area contributed by atoms with E-state index in [0.29, 0.717) is 11.7 Å². The maximum absolute atomic E-state index is 11.4. The summed E-state index contributed by atoms with van der Waals surface area (Å²) in [4.78, 5) is 14.8. The molecule has 0 aromatic heterocycles. The van der Waals surface area contributed by atoms with Gasteiger partial charge in [0.15, 0.2) is 0 Å². The molecule has 3 rings (SSSR count). The molecule has 0 aliphatic carbocycles. The Labute approximate surface area is 171 Å². The fourth-order valence-corrected chi connectivity index (χ4v) is 5.16. The van der Waals surface area contributed by atoms with E-state index >= 15 is 0 Å². The van der Waals surface area contributed by atoms with Crippen molar-refractivity contribution in [2.75, 3.05) is 12.9 Å². The molecule has 0 amide bonds. The van der Waals surface area contributed by atoms with Gasteiger partial charge < -0.3 is 9.64 Å². The van der Waals surface area contributed by atoms with Gasteiger partial charge in [-0.25, -0.2) is 0 Å². The van der Waals surface area contributed by atoms with Crippen LogP contribution >= 0.6 is 24.0 Å². The van der Waals surface area contributed by atoms with Crippen LogP contribution in [0.5, 0.6) is 0 Å². The Morgan fingerprint density at radius 3 is 2.48 bits per heavy atom. The van der Waals surface area contributed by atoms with Crippen molar-refractivity contribution in [3.63, 3.8) is 0 Å². The summed E-state index contributed by atoms with van der Waals surface area (Å²) in [6.07, 6.45) is 2.37. The van der Waals surface area contributed by atoms with Gasteiger partial charge in [0.25, 0.3) is 0 Å². The highest BCUT2D eigenvalue weighted by molar-refractivity contribution is 8.00. The molecule has 0 unspecified atom stereocenters. The summed E-state index contributed by atoms with van der Waals surface area (Å²) in [5.74, 6) is 0.631. The predicted octanol–water partition coefficient (Wildman–Crippen LogP) is 5.02. The highest BCUT2D eigenvalue weighted by atomic mass is 32.2. The Morgan fingerprint density at radius 1 is 1.15 bits per heavy atom. The van der Waals surface area contributed by atoms with Gasteiger partial charge in [-0.2, -0.15) is 11.8 Å². The van der Waals surface area contributed by atoms with E-state index in [9.17, 15) is 4.79 Å². The summed E-state index contributed by atoms with van der Waals surface area (Å²) >= 11 is 7.66. The number of ether oxygens (including phenoxy) is 1. The smallest absolute Gasteiger partial charge is 0.306 e. The minimum atomic E-state index is -0.147. The number of nitrogens with zero attached hydrogens (tertiary/aromatic N) is 1. The molecule has 2 atom stereocenters. The lowest BCUT2D eigenvalue weighted by molar-refractivity contribution is -0.140. The second kappa shape index (κ2) is 9.90. The molecule has 142 valence electrons. The van der Waals surface area contributed by atoms with Crippen LogP contribution in [0.4, 0.5) is 0 Å². The van der Waals surface area contributed by atoms with Crippen molar-refractivity contribution in [1.29, 1.82) is 0 Å². The number of carbonyl (C=O) groups is 1. The first-order valence-corrected chi connectivity index (χ1v) is 10.7. The van der Waals surface area contributed by atoms with Crippen LogP contribution in [0, 0.1) is 0 Å². The maximum Gasteiger partial charge on any atom is 0.306 e. The molecule has 3 nitrogen and oxygen atoms in total. The highest BCUT2D eigenvalue weighted by Crippen LogP contribution is 2.38. The highest BCUT2D eigenvalue weighted by Gasteiger charge is 2.32. The zero-order valence-corrected chi connectivity index (χ0v) is 17.2. The van der Waals surface area contributed by atoms with Gasteiger partial charge in [0.2, 0.25) is 0 Å². The first-order chi connectivity index (χ1) is 13.2. The van der Waals surface area contributed by atoms with Gasteiger partial charge in [-0.1, -0.05) is 72.9 Å². The zero-order chi connectivity index (χ0) is 19.1. The van der Waals surface area contributed by atoms with Crippen LogP contribution in [-0.2, 0) is 16.1 Å². The molecular formula is C22H25NO2S2. The van der Waals surface area contributed by atoms with Crippen molar-refractivity contribution in [3.05, 3.63) is 71.8 Å². The lowest BCUT2D eigenvalue weighted by Crippen LogP contribution is -2.41. The molecule has 1 aliphatic rings. The molecular weight excluding hydrogens is 374 g/mol. The van der Waals surface area contributed by atoms with Crippen LogP contribution < -0.4 is 0 Å². The molecule has 0 N–H and O–H groups in total. The number of benzene rings is 2. The fourth-order valence-electron chi connectivity index (χ4n) is 3.45. The lowest BCUT2D eigenvalue weighted by atomic mass is 9.94. The lowest BCUT2D eigenvalue weighted by Gasteiger charge is -2.41. The maximum atomic E-state index is 11.4. The molecule has 0 radical (unpaired) electrons. The average molecular weight is 400 g/mol. The van der Waals surface area contributed by atoms with Gasteiger partial charge in [-0.05, 0) is 17.5 Å². The third-order valence-corrected chi connectivity index (χ3v) is 6.52. The zero-order valence-electron chi connectivity index (χ0n) is 15.5. The van der Waals surface area contributed by atoms with Crippen molar-refractivity contribution in [2.45, 2.75) is 37.1 Å². The van der Waals surface area contributed by atoms with E-state index in [-0.39, 0.29) is 12.0 Å². The normalized spacial score (nSPS) is 19.7. The summed E-state index contributed by atoms with van der Waals surface area (Å²) in [6, 6.07) is 21.4. The van der Waals surface area contributed by atoms with Crippen molar-refractivity contribution in [3.8, 4) is 0 Å². The Hall–Kier alpha value is -1.85.